The number of nitrogens with one attached hydrogen (secondary N) is 1. The molecule has 2 heterocycles. The summed E-state index contributed by atoms with van der Waals surface area (Å²) in [6.45, 7) is 2.95. The van der Waals surface area contributed by atoms with Crippen molar-refractivity contribution in [2.75, 3.05) is 18.8 Å². The Morgan fingerprint density at radius 3 is 2.85 bits per heavy atom. The van der Waals surface area contributed by atoms with Gasteiger partial charge in [0.15, 0.2) is 0 Å². The van der Waals surface area contributed by atoms with Crippen LogP contribution in [-0.2, 0) is 21.4 Å². The number of nitrogens with zero attached hydrogens (tertiary/aromatic N) is 3. The Morgan fingerprint density at radius 2 is 2.06 bits per heavy atom. The van der Waals surface area contributed by atoms with Gasteiger partial charge in [0.05, 0.1) is 17.9 Å². The third kappa shape index (κ3) is 5.46. The average Bonchev–Trinajstić information content (AvgIpc) is 3.16. The molecule has 1 atom stereocenters. The highest BCUT2D eigenvalue weighted by Crippen LogP contribution is 2.23. The first-order chi connectivity index (χ1) is 15.9. The molecule has 1 saturated heterocycles. The van der Waals surface area contributed by atoms with Gasteiger partial charge in [-0.25, -0.2) is 18.1 Å². The summed E-state index contributed by atoms with van der Waals surface area (Å²) in [7, 11) is -3.30. The van der Waals surface area contributed by atoms with Gasteiger partial charge in [0, 0.05) is 47.3 Å². The average molecular weight is 487 g/mol. The Kier molecular flexibility index (Phi) is 7.17. The zero-order chi connectivity index (χ0) is 23.4. The fourth-order valence-electron chi connectivity index (χ4n) is 4.19. The standard InChI is InChI=1S/C24H27ClN4O3S/c1-2-33(31,32)29-12-6-8-19(17-29)24(30)27-26-14-20-16-28(23-11-4-3-10-22(20)23)15-18-7-5-9-21(25)13-18/h3-5,7,9-11,13-14,16,19H,2,6,8,12,15,17H2,1H3,(H,27,30)/b26-14-/t19-/m1/s1. The van der Waals surface area contributed by atoms with E-state index in [1.54, 1.807) is 13.1 Å². The SMILES string of the molecule is CCS(=O)(=O)N1CCC[C@@H](C(=O)N/N=C\c2cn(Cc3cccc(Cl)c3)c3ccccc23)C1. The molecule has 2 aromatic carbocycles. The summed E-state index contributed by atoms with van der Waals surface area (Å²) in [5.74, 6) is -0.620. The van der Waals surface area contributed by atoms with Gasteiger partial charge in [0.1, 0.15) is 0 Å². The van der Waals surface area contributed by atoms with Crippen molar-refractivity contribution in [3.8, 4) is 0 Å². The monoisotopic (exact) mass is 486 g/mol. The minimum Gasteiger partial charge on any atom is -0.342 e. The van der Waals surface area contributed by atoms with Crippen LogP contribution < -0.4 is 5.43 Å². The quantitative estimate of drug-likeness (QED) is 0.406. The van der Waals surface area contributed by atoms with E-state index in [-0.39, 0.29) is 18.2 Å². The van der Waals surface area contributed by atoms with Crippen LogP contribution in [0.1, 0.15) is 30.9 Å². The van der Waals surface area contributed by atoms with E-state index in [2.05, 4.69) is 15.1 Å². The number of amides is 1. The van der Waals surface area contributed by atoms with E-state index in [9.17, 15) is 13.2 Å². The second kappa shape index (κ2) is 10.1. The minimum atomic E-state index is -3.30. The Balaban J connectivity index is 1.47. The Bertz CT molecular complexity index is 1290. The number of fused-ring (bicyclic) bond motifs is 1. The maximum absolute atomic E-state index is 12.6. The lowest BCUT2D eigenvalue weighted by Gasteiger charge is -2.30. The van der Waals surface area contributed by atoms with Crippen molar-refractivity contribution in [3.05, 3.63) is 70.9 Å². The number of rotatable bonds is 7. The number of carbonyl (C=O) groups is 1. The van der Waals surface area contributed by atoms with Crippen molar-refractivity contribution in [2.45, 2.75) is 26.3 Å². The third-order valence-electron chi connectivity index (χ3n) is 5.95. The molecule has 1 amide bonds. The van der Waals surface area contributed by atoms with E-state index in [1.165, 1.54) is 4.31 Å². The topological polar surface area (TPSA) is 83.8 Å². The maximum Gasteiger partial charge on any atom is 0.244 e. The number of hydrogen-bond acceptors (Lipinski definition) is 4. The molecule has 0 radical (unpaired) electrons. The summed E-state index contributed by atoms with van der Waals surface area (Å²) in [5, 5.41) is 5.90. The summed E-state index contributed by atoms with van der Waals surface area (Å²) < 4.78 is 27.8. The van der Waals surface area contributed by atoms with Crippen LogP contribution in [0, 0.1) is 5.92 Å². The lowest BCUT2D eigenvalue weighted by Crippen LogP contribution is -2.45. The molecule has 0 saturated carbocycles. The molecule has 174 valence electrons. The molecule has 33 heavy (non-hydrogen) atoms. The molecule has 1 aliphatic heterocycles. The highest BCUT2D eigenvalue weighted by molar-refractivity contribution is 7.89. The van der Waals surface area contributed by atoms with Gasteiger partial charge in [-0.3, -0.25) is 4.79 Å². The number of benzene rings is 2. The van der Waals surface area contributed by atoms with Crippen LogP contribution in [0.4, 0.5) is 0 Å². The highest BCUT2D eigenvalue weighted by atomic mass is 35.5. The fourth-order valence-corrected chi connectivity index (χ4v) is 5.58. The largest absolute Gasteiger partial charge is 0.342 e. The molecule has 9 heteroatoms. The van der Waals surface area contributed by atoms with Crippen LogP contribution in [0.15, 0.2) is 59.8 Å². The number of aromatic nitrogens is 1. The molecule has 3 aromatic rings. The smallest absolute Gasteiger partial charge is 0.244 e. The lowest BCUT2D eigenvalue weighted by atomic mass is 9.99. The molecular formula is C24H27ClN4O3S. The van der Waals surface area contributed by atoms with Crippen LogP contribution in [0.25, 0.3) is 10.9 Å². The van der Waals surface area contributed by atoms with Gasteiger partial charge >= 0.3 is 0 Å². The second-order valence-electron chi connectivity index (χ2n) is 8.19. The number of sulfonamides is 1. The van der Waals surface area contributed by atoms with Crippen molar-refractivity contribution in [1.82, 2.24) is 14.3 Å². The summed E-state index contributed by atoms with van der Waals surface area (Å²) in [6, 6.07) is 15.8. The zero-order valence-electron chi connectivity index (χ0n) is 18.4. The minimum absolute atomic E-state index is 0.0404. The van der Waals surface area contributed by atoms with Gasteiger partial charge in [0.2, 0.25) is 15.9 Å². The molecular weight excluding hydrogens is 460 g/mol. The van der Waals surface area contributed by atoms with Crippen LogP contribution in [0.2, 0.25) is 5.02 Å². The zero-order valence-corrected chi connectivity index (χ0v) is 20.0. The normalized spacial score (nSPS) is 17.6. The van der Waals surface area contributed by atoms with Gasteiger partial charge in [-0.2, -0.15) is 5.10 Å². The number of hydrogen-bond donors (Lipinski definition) is 1. The van der Waals surface area contributed by atoms with Gasteiger partial charge in [0.25, 0.3) is 0 Å². The molecule has 1 N–H and O–H groups in total. The summed E-state index contributed by atoms with van der Waals surface area (Å²) in [6.07, 6.45) is 4.95. The number of piperidine rings is 1. The molecule has 0 unspecified atom stereocenters. The summed E-state index contributed by atoms with van der Waals surface area (Å²) in [5.41, 5.74) is 5.63. The maximum atomic E-state index is 12.6. The van der Waals surface area contributed by atoms with E-state index in [0.29, 0.717) is 31.0 Å². The molecule has 0 bridgehead atoms. The number of carbonyl (C=O) groups excluding carboxylic acids is 1. The Hall–Kier alpha value is -2.68. The van der Waals surface area contributed by atoms with Crippen LogP contribution >= 0.6 is 11.6 Å². The summed E-state index contributed by atoms with van der Waals surface area (Å²) in [4.78, 5) is 12.6. The molecule has 7 nitrogen and oxygen atoms in total. The number of hydrazone groups is 1. The molecule has 0 aliphatic carbocycles. The van der Waals surface area contributed by atoms with Gasteiger partial charge in [-0.05, 0) is 43.5 Å². The van der Waals surface area contributed by atoms with Crippen molar-refractivity contribution in [3.63, 3.8) is 0 Å². The van der Waals surface area contributed by atoms with E-state index in [1.807, 2.05) is 54.7 Å². The first kappa shape index (κ1) is 23.5. The molecule has 1 aromatic heterocycles. The van der Waals surface area contributed by atoms with Crippen molar-refractivity contribution in [1.29, 1.82) is 0 Å². The summed E-state index contributed by atoms with van der Waals surface area (Å²) >= 11 is 6.13. The lowest BCUT2D eigenvalue weighted by molar-refractivity contribution is -0.126. The van der Waals surface area contributed by atoms with E-state index >= 15 is 0 Å². The van der Waals surface area contributed by atoms with Gasteiger partial charge in [-0.15, -0.1) is 0 Å². The Morgan fingerprint density at radius 1 is 1.24 bits per heavy atom. The fraction of sp³-hybridized carbons (Fsp3) is 0.333. The van der Waals surface area contributed by atoms with Gasteiger partial charge < -0.3 is 4.57 Å². The second-order valence-corrected chi connectivity index (χ2v) is 10.9. The molecule has 1 aliphatic rings. The van der Waals surface area contributed by atoms with Crippen LogP contribution in [0.3, 0.4) is 0 Å². The first-order valence-corrected chi connectivity index (χ1v) is 13.0. The first-order valence-electron chi connectivity index (χ1n) is 11.0. The number of para-hydroxylation sites is 1. The highest BCUT2D eigenvalue weighted by Gasteiger charge is 2.31. The van der Waals surface area contributed by atoms with E-state index in [0.717, 1.165) is 22.0 Å². The third-order valence-corrected chi connectivity index (χ3v) is 8.04. The predicted molar refractivity (Wildman–Crippen MR) is 132 cm³/mol. The van der Waals surface area contributed by atoms with Crippen LogP contribution in [0.5, 0.6) is 0 Å². The van der Waals surface area contributed by atoms with Crippen LogP contribution in [-0.4, -0.2) is 48.3 Å². The molecule has 0 spiro atoms. The van der Waals surface area contributed by atoms with Gasteiger partial charge in [-0.1, -0.05) is 41.9 Å². The van der Waals surface area contributed by atoms with E-state index in [4.69, 9.17) is 11.6 Å². The Labute approximate surface area is 199 Å². The predicted octanol–water partition coefficient (Wildman–Crippen LogP) is 3.85. The molecule has 4 rings (SSSR count). The number of halogens is 1. The van der Waals surface area contributed by atoms with Crippen molar-refractivity contribution < 1.29 is 13.2 Å². The van der Waals surface area contributed by atoms with Crippen molar-refractivity contribution >= 4 is 44.6 Å². The van der Waals surface area contributed by atoms with Crippen molar-refractivity contribution in [2.24, 2.45) is 11.0 Å². The molecule has 1 fully saturated rings. The van der Waals surface area contributed by atoms with E-state index < -0.39 is 15.9 Å².